The van der Waals surface area contributed by atoms with Gasteiger partial charge in [-0.25, -0.2) is 4.98 Å². The molecule has 1 N–H and O–H groups in total. The number of hydrogen-bond donors (Lipinski definition) is 1. The summed E-state index contributed by atoms with van der Waals surface area (Å²) in [6, 6.07) is 2.04. The first-order valence-electron chi connectivity index (χ1n) is 9.74. The molecule has 27 heavy (non-hydrogen) atoms. The van der Waals surface area contributed by atoms with Gasteiger partial charge in [0, 0.05) is 31.7 Å². The van der Waals surface area contributed by atoms with E-state index in [-0.39, 0.29) is 6.04 Å². The standard InChI is InChI=1S/C18H28N6O2S/c1-14-7-11-24(27(25,26)23-9-4-3-5-10-23)12-16(14)22(2)18-15-6-8-19-17(15)20-13-21-18/h6,8,13-14,16H,3-5,7,9-12H2,1-2H3,(H,19,20,21)/q+1. The Morgan fingerprint density at radius 3 is 2.70 bits per heavy atom. The minimum Gasteiger partial charge on any atom is -0.346 e. The summed E-state index contributed by atoms with van der Waals surface area (Å²) in [4.78, 5) is 14.0. The van der Waals surface area contributed by atoms with E-state index in [1.54, 1.807) is 14.9 Å². The van der Waals surface area contributed by atoms with Gasteiger partial charge in [0.1, 0.15) is 24.4 Å². The Labute approximate surface area is 160 Å². The number of piperidine rings is 2. The number of aromatic nitrogens is 3. The monoisotopic (exact) mass is 392 g/mol. The lowest BCUT2D eigenvalue weighted by Crippen LogP contribution is -2.56. The first kappa shape index (κ1) is 18.8. The van der Waals surface area contributed by atoms with Gasteiger partial charge in [-0.3, -0.25) is 0 Å². The third kappa shape index (κ3) is 3.49. The summed E-state index contributed by atoms with van der Waals surface area (Å²) in [7, 11) is -1.38. The van der Waals surface area contributed by atoms with Gasteiger partial charge in [-0.15, -0.1) is 4.90 Å². The van der Waals surface area contributed by atoms with Crippen LogP contribution < -0.4 is 4.90 Å². The van der Waals surface area contributed by atoms with Crippen LogP contribution in [0.4, 0.5) is 5.82 Å². The Kier molecular flexibility index (Phi) is 5.19. The van der Waals surface area contributed by atoms with Crippen molar-refractivity contribution in [3.63, 3.8) is 0 Å². The SMILES string of the molecule is CC1CCN(S(=O)(=O)N2CCCCC2)CC1[N+](C)c1ncnc2[nH]ccc12. The lowest BCUT2D eigenvalue weighted by molar-refractivity contribution is 0.186. The Morgan fingerprint density at radius 1 is 1.15 bits per heavy atom. The van der Waals surface area contributed by atoms with Crippen molar-refractivity contribution in [2.45, 2.75) is 38.6 Å². The van der Waals surface area contributed by atoms with E-state index < -0.39 is 10.2 Å². The number of hydrogen-bond acceptors (Lipinski definition) is 5. The highest BCUT2D eigenvalue weighted by Gasteiger charge is 2.43. The number of aromatic amines is 1. The highest BCUT2D eigenvalue weighted by Crippen LogP contribution is 2.30. The van der Waals surface area contributed by atoms with Crippen molar-refractivity contribution in [1.29, 1.82) is 0 Å². The van der Waals surface area contributed by atoms with Crippen molar-refractivity contribution in [2.24, 2.45) is 5.92 Å². The first-order chi connectivity index (χ1) is 13.0. The Hall–Kier alpha value is -1.55. The van der Waals surface area contributed by atoms with E-state index in [9.17, 15) is 8.42 Å². The maximum atomic E-state index is 13.1. The smallest absolute Gasteiger partial charge is 0.288 e. The van der Waals surface area contributed by atoms with Gasteiger partial charge < -0.3 is 4.98 Å². The second-order valence-corrected chi connectivity index (χ2v) is 9.64. The molecule has 2 fully saturated rings. The van der Waals surface area contributed by atoms with Crippen LogP contribution >= 0.6 is 0 Å². The van der Waals surface area contributed by atoms with E-state index in [1.807, 2.05) is 19.3 Å². The minimum atomic E-state index is -3.39. The minimum absolute atomic E-state index is 0.0753. The molecular formula is C18H28N6O2S+. The maximum absolute atomic E-state index is 13.1. The molecule has 2 aromatic heterocycles. The highest BCUT2D eigenvalue weighted by atomic mass is 32.2. The molecule has 2 aromatic rings. The molecule has 0 spiro atoms. The fourth-order valence-corrected chi connectivity index (χ4v) is 6.01. The van der Waals surface area contributed by atoms with E-state index in [2.05, 4.69) is 26.8 Å². The second-order valence-electron chi connectivity index (χ2n) is 7.71. The number of nitrogens with zero attached hydrogens (tertiary/aromatic N) is 5. The van der Waals surface area contributed by atoms with Gasteiger partial charge in [-0.2, -0.15) is 22.0 Å². The number of rotatable bonds is 4. The van der Waals surface area contributed by atoms with Crippen LogP contribution in [0.1, 0.15) is 32.6 Å². The van der Waals surface area contributed by atoms with Crippen LogP contribution in [0.25, 0.3) is 11.0 Å². The highest BCUT2D eigenvalue weighted by molar-refractivity contribution is 7.86. The topological polar surface area (TPSA) is 88.1 Å². The third-order valence-corrected chi connectivity index (χ3v) is 8.02. The summed E-state index contributed by atoms with van der Waals surface area (Å²) in [5, 5.41) is 0.961. The Morgan fingerprint density at radius 2 is 1.93 bits per heavy atom. The molecule has 2 aliphatic rings. The van der Waals surface area contributed by atoms with Crippen molar-refractivity contribution in [3.05, 3.63) is 18.6 Å². The van der Waals surface area contributed by atoms with Crippen molar-refractivity contribution in [1.82, 2.24) is 28.5 Å². The Bertz CT molecular complexity index is 892. The fraction of sp³-hybridized carbons (Fsp3) is 0.667. The van der Waals surface area contributed by atoms with Gasteiger partial charge in [0.25, 0.3) is 16.0 Å². The summed E-state index contributed by atoms with van der Waals surface area (Å²) in [5.41, 5.74) is 0.799. The van der Waals surface area contributed by atoms with Gasteiger partial charge in [-0.05, 0) is 25.3 Å². The van der Waals surface area contributed by atoms with E-state index in [4.69, 9.17) is 0 Å². The van der Waals surface area contributed by atoms with Crippen molar-refractivity contribution >= 4 is 27.1 Å². The lowest BCUT2D eigenvalue weighted by Gasteiger charge is -2.38. The van der Waals surface area contributed by atoms with Crippen LogP contribution in [0.2, 0.25) is 0 Å². The molecule has 9 heteroatoms. The van der Waals surface area contributed by atoms with Gasteiger partial charge >= 0.3 is 0 Å². The summed E-state index contributed by atoms with van der Waals surface area (Å²) in [6.45, 7) is 4.57. The quantitative estimate of drug-likeness (QED) is 0.804. The van der Waals surface area contributed by atoms with E-state index in [0.29, 0.717) is 32.1 Å². The maximum Gasteiger partial charge on any atom is 0.288 e. The summed E-state index contributed by atoms with van der Waals surface area (Å²) < 4.78 is 29.6. The van der Waals surface area contributed by atoms with Crippen molar-refractivity contribution < 1.29 is 8.42 Å². The summed E-state index contributed by atoms with van der Waals surface area (Å²) >= 11 is 0. The van der Waals surface area contributed by atoms with E-state index in [0.717, 1.165) is 42.5 Å². The first-order valence-corrected chi connectivity index (χ1v) is 11.1. The van der Waals surface area contributed by atoms with Gasteiger partial charge in [0.2, 0.25) is 0 Å². The lowest BCUT2D eigenvalue weighted by atomic mass is 9.93. The number of H-pyrrole nitrogens is 1. The molecule has 4 heterocycles. The predicted octanol–water partition coefficient (Wildman–Crippen LogP) is 1.80. The number of anilines is 1. The average molecular weight is 393 g/mol. The van der Waals surface area contributed by atoms with Crippen LogP contribution in [0, 0.1) is 5.92 Å². The van der Waals surface area contributed by atoms with Crippen LogP contribution in [0.5, 0.6) is 0 Å². The summed E-state index contributed by atoms with van der Waals surface area (Å²) in [5.74, 6) is 1.22. The molecule has 0 aliphatic carbocycles. The van der Waals surface area contributed by atoms with Crippen LogP contribution in [0.15, 0.2) is 18.6 Å². The van der Waals surface area contributed by atoms with Crippen LogP contribution in [-0.4, -0.2) is 71.2 Å². The van der Waals surface area contributed by atoms with E-state index in [1.165, 1.54) is 0 Å². The van der Waals surface area contributed by atoms with Crippen LogP contribution in [0.3, 0.4) is 0 Å². The number of likely N-dealkylation sites (N-methyl/N-ethyl adjacent to an activating group) is 1. The fourth-order valence-electron chi connectivity index (χ4n) is 4.29. The molecular weight excluding hydrogens is 364 g/mol. The van der Waals surface area contributed by atoms with E-state index >= 15 is 0 Å². The number of nitrogens with one attached hydrogen (secondary N) is 1. The normalized spacial score (nSPS) is 26.0. The predicted molar refractivity (Wildman–Crippen MR) is 105 cm³/mol. The zero-order chi connectivity index (χ0) is 19.0. The molecule has 0 saturated carbocycles. The largest absolute Gasteiger partial charge is 0.346 e. The molecule has 1 radical (unpaired) electrons. The zero-order valence-corrected chi connectivity index (χ0v) is 16.8. The van der Waals surface area contributed by atoms with Gasteiger partial charge in [0.05, 0.1) is 6.54 Å². The zero-order valence-electron chi connectivity index (χ0n) is 16.0. The summed E-state index contributed by atoms with van der Waals surface area (Å²) in [6.07, 6.45) is 7.30. The second kappa shape index (κ2) is 7.46. The molecule has 0 aromatic carbocycles. The molecule has 2 unspecified atom stereocenters. The third-order valence-electron chi connectivity index (χ3n) is 6.01. The molecule has 8 nitrogen and oxygen atoms in total. The number of fused-ring (bicyclic) bond motifs is 1. The molecule has 2 aliphatic heterocycles. The molecule has 147 valence electrons. The molecule has 0 amide bonds. The van der Waals surface area contributed by atoms with Crippen molar-refractivity contribution in [3.8, 4) is 0 Å². The van der Waals surface area contributed by atoms with Gasteiger partial charge in [-0.1, -0.05) is 13.3 Å². The molecule has 2 atom stereocenters. The van der Waals surface area contributed by atoms with Crippen LogP contribution in [-0.2, 0) is 10.2 Å². The average Bonchev–Trinajstić information content (AvgIpc) is 3.17. The molecule has 4 rings (SSSR count). The Balaban J connectivity index is 1.58. The molecule has 2 saturated heterocycles. The van der Waals surface area contributed by atoms with Crippen molar-refractivity contribution in [2.75, 3.05) is 33.2 Å². The van der Waals surface area contributed by atoms with Gasteiger partial charge in [0.15, 0.2) is 6.04 Å². The molecule has 0 bridgehead atoms.